The first-order valence-electron chi connectivity index (χ1n) is 1.55. The molecule has 0 aliphatic rings. The van der Waals surface area contributed by atoms with Gasteiger partial charge in [-0.15, -0.1) is 0 Å². The van der Waals surface area contributed by atoms with Gasteiger partial charge in [-0.3, -0.25) is 0 Å². The van der Waals surface area contributed by atoms with Crippen molar-refractivity contribution in [3.05, 3.63) is 0 Å². The van der Waals surface area contributed by atoms with E-state index in [4.69, 9.17) is 10.2 Å². The normalized spacial score (nSPS) is 11.5. The van der Waals surface area contributed by atoms with Gasteiger partial charge in [0.05, 0.1) is 0 Å². The molecular formula is C2H3As2O4. The van der Waals surface area contributed by atoms with Gasteiger partial charge in [0.15, 0.2) is 0 Å². The SMILES string of the molecule is O=C(O)[As][AsH]C(=O)O. The van der Waals surface area contributed by atoms with Crippen LogP contribution in [-0.4, -0.2) is 47.1 Å². The number of rotatable bonds is 3. The summed E-state index contributed by atoms with van der Waals surface area (Å²) in [5, 5.41) is 15.9. The van der Waals surface area contributed by atoms with Crippen LogP contribution in [0.1, 0.15) is 0 Å². The average molecular weight is 241 g/mol. The molecule has 0 aromatic rings. The number of hydrogen-bond donors (Lipinski definition) is 2. The molecule has 1 atom stereocenters. The third-order valence-electron chi connectivity index (χ3n) is 0.247. The van der Waals surface area contributed by atoms with Crippen LogP contribution in [0.3, 0.4) is 0 Å². The molecule has 0 spiro atoms. The fraction of sp³-hybridized carbons (Fsp3) is 0. The molecule has 4 nitrogen and oxygen atoms in total. The van der Waals surface area contributed by atoms with E-state index in [0.717, 1.165) is 0 Å². The Labute approximate surface area is 56.9 Å². The van der Waals surface area contributed by atoms with Crippen LogP contribution in [-0.2, 0) is 0 Å². The van der Waals surface area contributed by atoms with E-state index in [-0.39, 0.29) is 0 Å². The van der Waals surface area contributed by atoms with E-state index in [1.54, 1.807) is 0 Å². The van der Waals surface area contributed by atoms with E-state index in [2.05, 4.69) is 0 Å². The summed E-state index contributed by atoms with van der Waals surface area (Å²) in [5.41, 5.74) is 0. The van der Waals surface area contributed by atoms with Gasteiger partial charge in [0, 0.05) is 0 Å². The van der Waals surface area contributed by atoms with Gasteiger partial charge < -0.3 is 0 Å². The Bertz CT molecular complexity index is 96.6. The van der Waals surface area contributed by atoms with Crippen molar-refractivity contribution < 1.29 is 19.8 Å². The maximum absolute atomic E-state index is 9.72. The van der Waals surface area contributed by atoms with Crippen molar-refractivity contribution in [2.45, 2.75) is 0 Å². The molecule has 45 valence electrons. The molecular weight excluding hydrogens is 238 g/mol. The summed E-state index contributed by atoms with van der Waals surface area (Å²) in [5.74, 6) is 0. The van der Waals surface area contributed by atoms with E-state index in [9.17, 15) is 9.59 Å². The molecule has 0 saturated carbocycles. The molecule has 1 radical (unpaired) electrons. The third-order valence-corrected chi connectivity index (χ3v) is 6.67. The van der Waals surface area contributed by atoms with Gasteiger partial charge in [-0.1, -0.05) is 0 Å². The minimum absolute atomic E-state index is 0.906. The standard InChI is InChI=1S/C2H3As2O4/c5-1(6)3-4-2(7)8/h3H,(H,5,6)(H,7,8). The van der Waals surface area contributed by atoms with Crippen LogP contribution < -0.4 is 0 Å². The van der Waals surface area contributed by atoms with Crippen LogP contribution >= 0.6 is 0 Å². The molecule has 0 aromatic carbocycles. The summed E-state index contributed by atoms with van der Waals surface area (Å²) in [6.07, 6.45) is 0. The van der Waals surface area contributed by atoms with Crippen LogP contribution in [0.15, 0.2) is 0 Å². The first-order chi connectivity index (χ1) is 3.63. The average Bonchev–Trinajstić information content (AvgIpc) is 1.61. The molecule has 1 unspecified atom stereocenters. The number of carboxylic acid groups (broad SMARTS) is 2. The molecule has 6 heteroatoms. The quantitative estimate of drug-likeness (QED) is 0.647. The zero-order chi connectivity index (χ0) is 6.57. The molecule has 0 rings (SSSR count). The van der Waals surface area contributed by atoms with Crippen LogP contribution in [0.2, 0.25) is 0 Å². The molecule has 0 fully saturated rings. The van der Waals surface area contributed by atoms with Crippen molar-refractivity contribution in [2.24, 2.45) is 0 Å². The monoisotopic (exact) mass is 241 g/mol. The Balaban J connectivity index is 3.18. The maximum atomic E-state index is 9.72. The van der Waals surface area contributed by atoms with Crippen LogP contribution in [0.4, 0.5) is 9.59 Å². The zero-order valence-electron chi connectivity index (χ0n) is 3.66. The Morgan fingerprint density at radius 2 is 1.88 bits per heavy atom. The zero-order valence-corrected chi connectivity index (χ0v) is 7.63. The van der Waals surface area contributed by atoms with Gasteiger partial charge in [-0.05, 0) is 0 Å². The Morgan fingerprint density at radius 3 is 2.00 bits per heavy atom. The molecule has 0 aliphatic heterocycles. The van der Waals surface area contributed by atoms with Crippen molar-refractivity contribution in [2.75, 3.05) is 0 Å². The molecule has 0 bridgehead atoms. The molecule has 0 aromatic heterocycles. The second kappa shape index (κ2) is 3.99. The van der Waals surface area contributed by atoms with E-state index < -0.39 is 36.9 Å². The van der Waals surface area contributed by atoms with Gasteiger partial charge in [-0.25, -0.2) is 0 Å². The Kier molecular flexibility index (Phi) is 4.02. The summed E-state index contributed by atoms with van der Waals surface area (Å²) in [7, 11) is 0. The first kappa shape index (κ1) is 8.06. The Hall–Kier alpha value is 0.0569. The molecule has 0 saturated heterocycles. The van der Waals surface area contributed by atoms with Crippen molar-refractivity contribution in [1.82, 2.24) is 0 Å². The predicted molar refractivity (Wildman–Crippen MR) is 29.0 cm³/mol. The summed E-state index contributed by atoms with van der Waals surface area (Å²) in [4.78, 5) is 19.4. The molecule has 0 aliphatic carbocycles. The summed E-state index contributed by atoms with van der Waals surface area (Å²) in [6.45, 7) is 0. The summed E-state index contributed by atoms with van der Waals surface area (Å²) in [6, 6.07) is 0. The second-order valence-corrected chi connectivity index (χ2v) is 8.33. The third kappa shape index (κ3) is 6.06. The van der Waals surface area contributed by atoms with Crippen LogP contribution in [0.5, 0.6) is 0 Å². The Morgan fingerprint density at radius 1 is 1.38 bits per heavy atom. The minimum atomic E-state index is -1.18. The molecule has 0 amide bonds. The van der Waals surface area contributed by atoms with E-state index in [1.165, 1.54) is 0 Å². The van der Waals surface area contributed by atoms with E-state index in [0.29, 0.717) is 0 Å². The number of carbonyl (C=O) groups is 2. The topological polar surface area (TPSA) is 74.6 Å². The van der Waals surface area contributed by atoms with E-state index >= 15 is 0 Å². The van der Waals surface area contributed by atoms with Gasteiger partial charge in [0.2, 0.25) is 0 Å². The molecule has 0 heterocycles. The van der Waals surface area contributed by atoms with Crippen molar-refractivity contribution in [3.63, 3.8) is 0 Å². The fourth-order valence-electron chi connectivity index (χ4n) is 0.0956. The van der Waals surface area contributed by atoms with E-state index in [1.807, 2.05) is 0 Å². The predicted octanol–water partition coefficient (Wildman–Crippen LogP) is -0.602. The van der Waals surface area contributed by atoms with Crippen LogP contribution in [0.25, 0.3) is 0 Å². The summed E-state index contributed by atoms with van der Waals surface area (Å²) >= 11 is -2.09. The first-order valence-corrected chi connectivity index (χ1v) is 9.35. The van der Waals surface area contributed by atoms with Gasteiger partial charge in [0.25, 0.3) is 0 Å². The van der Waals surface area contributed by atoms with Gasteiger partial charge in [0.1, 0.15) is 0 Å². The molecule has 8 heavy (non-hydrogen) atoms. The number of hydrogen-bond acceptors (Lipinski definition) is 2. The molecule has 2 N–H and O–H groups in total. The van der Waals surface area contributed by atoms with Crippen molar-refractivity contribution in [1.29, 1.82) is 0 Å². The van der Waals surface area contributed by atoms with Crippen molar-refractivity contribution in [3.8, 4) is 0 Å². The summed E-state index contributed by atoms with van der Waals surface area (Å²) < 4.78 is -1.84. The second-order valence-electron chi connectivity index (χ2n) is 0.811. The van der Waals surface area contributed by atoms with Crippen LogP contribution in [0, 0.1) is 0 Å². The fourth-order valence-corrected chi connectivity index (χ4v) is 2.58. The van der Waals surface area contributed by atoms with Gasteiger partial charge in [-0.2, -0.15) is 0 Å². The van der Waals surface area contributed by atoms with Gasteiger partial charge >= 0.3 is 56.7 Å². The van der Waals surface area contributed by atoms with Crippen molar-refractivity contribution >= 4 is 36.9 Å².